The predicted octanol–water partition coefficient (Wildman–Crippen LogP) is 6.53. The van der Waals surface area contributed by atoms with Crippen molar-refractivity contribution in [2.75, 3.05) is 5.32 Å². The predicted molar refractivity (Wildman–Crippen MR) is 112 cm³/mol. The largest absolute Gasteiger partial charge is 0.416 e. The molecule has 0 saturated heterocycles. The van der Waals surface area contributed by atoms with E-state index in [1.807, 2.05) is 30.3 Å². The van der Waals surface area contributed by atoms with Gasteiger partial charge in [-0.3, -0.25) is 9.79 Å². The molecule has 1 heterocycles. The van der Waals surface area contributed by atoms with E-state index < -0.39 is 11.7 Å². The maximum Gasteiger partial charge on any atom is 0.416 e. The number of nitrogens with zero attached hydrogens (tertiary/aromatic N) is 1. The molecule has 0 fully saturated rings. The van der Waals surface area contributed by atoms with Crippen molar-refractivity contribution in [1.29, 1.82) is 0 Å². The van der Waals surface area contributed by atoms with Gasteiger partial charge in [0, 0.05) is 23.2 Å². The number of alkyl halides is 3. The molecule has 1 N–H and O–H groups in total. The zero-order valence-corrected chi connectivity index (χ0v) is 16.0. The number of Topliss-reactive ketones (excluding diaryl/α,β-unsaturated/α-hetero) is 1. The third-order valence-corrected chi connectivity index (χ3v) is 5.15. The molecule has 0 amide bonds. The van der Waals surface area contributed by atoms with Crippen LogP contribution in [0.3, 0.4) is 0 Å². The summed E-state index contributed by atoms with van der Waals surface area (Å²) in [6, 6.07) is 19.6. The smallest absolute Gasteiger partial charge is 0.346 e. The first-order valence-corrected chi connectivity index (χ1v) is 9.60. The van der Waals surface area contributed by atoms with Gasteiger partial charge in [-0.2, -0.15) is 13.2 Å². The molecule has 3 nitrogen and oxygen atoms in total. The number of hydrogen-bond donors (Lipinski definition) is 1. The molecule has 1 aliphatic heterocycles. The Hall–Kier alpha value is -3.41. The second-order valence-corrected chi connectivity index (χ2v) is 7.15. The SMILES string of the molecule is O=C(CCC1N=CNc2ccc(-c3cccc(C(F)(F)F)c3)cc21)c1ccccc1. The minimum Gasteiger partial charge on any atom is -0.346 e. The number of ketones is 1. The molecule has 0 spiro atoms. The number of rotatable bonds is 5. The Morgan fingerprint density at radius 2 is 1.70 bits per heavy atom. The zero-order chi connectivity index (χ0) is 21.1. The Bertz CT molecular complexity index is 1090. The highest BCUT2D eigenvalue weighted by Gasteiger charge is 2.30. The fourth-order valence-electron chi connectivity index (χ4n) is 3.57. The molecular formula is C24H19F3N2O. The summed E-state index contributed by atoms with van der Waals surface area (Å²) in [4.78, 5) is 16.9. The lowest BCUT2D eigenvalue weighted by atomic mass is 9.93. The van der Waals surface area contributed by atoms with E-state index in [1.165, 1.54) is 6.07 Å². The van der Waals surface area contributed by atoms with Gasteiger partial charge in [-0.15, -0.1) is 0 Å². The topological polar surface area (TPSA) is 41.5 Å². The normalized spacial score (nSPS) is 15.4. The number of aliphatic imine (C=N–C) groups is 1. The van der Waals surface area contributed by atoms with Crippen LogP contribution in [-0.4, -0.2) is 12.1 Å². The van der Waals surface area contributed by atoms with Crippen LogP contribution in [0.4, 0.5) is 18.9 Å². The van der Waals surface area contributed by atoms with Gasteiger partial charge in [0.15, 0.2) is 5.78 Å². The van der Waals surface area contributed by atoms with E-state index in [1.54, 1.807) is 30.6 Å². The minimum absolute atomic E-state index is 0.0416. The molecule has 0 radical (unpaired) electrons. The van der Waals surface area contributed by atoms with Crippen LogP contribution >= 0.6 is 0 Å². The highest BCUT2D eigenvalue weighted by atomic mass is 19.4. The molecule has 4 rings (SSSR count). The molecule has 0 saturated carbocycles. The maximum absolute atomic E-state index is 13.1. The van der Waals surface area contributed by atoms with Gasteiger partial charge in [0.05, 0.1) is 17.9 Å². The van der Waals surface area contributed by atoms with Crippen LogP contribution in [0.1, 0.15) is 40.4 Å². The van der Waals surface area contributed by atoms with Crippen LogP contribution in [0.5, 0.6) is 0 Å². The Balaban J connectivity index is 1.58. The average molecular weight is 408 g/mol. The molecule has 0 bridgehead atoms. The monoisotopic (exact) mass is 408 g/mol. The third-order valence-electron chi connectivity index (χ3n) is 5.15. The number of carbonyl (C=O) groups is 1. The van der Waals surface area contributed by atoms with Crippen molar-refractivity contribution >= 4 is 17.8 Å². The Kier molecular flexibility index (Phi) is 5.40. The fraction of sp³-hybridized carbons (Fsp3) is 0.167. The maximum atomic E-state index is 13.1. The molecule has 1 atom stereocenters. The van der Waals surface area contributed by atoms with Crippen molar-refractivity contribution in [3.05, 3.63) is 89.5 Å². The van der Waals surface area contributed by atoms with Gasteiger partial charge >= 0.3 is 6.18 Å². The molecular weight excluding hydrogens is 389 g/mol. The van der Waals surface area contributed by atoms with Crippen LogP contribution in [-0.2, 0) is 6.18 Å². The second-order valence-electron chi connectivity index (χ2n) is 7.15. The molecule has 0 aliphatic carbocycles. The molecule has 0 aromatic heterocycles. The molecule has 152 valence electrons. The lowest BCUT2D eigenvalue weighted by Gasteiger charge is -2.22. The summed E-state index contributed by atoms with van der Waals surface area (Å²) in [6.45, 7) is 0. The van der Waals surface area contributed by atoms with E-state index in [2.05, 4.69) is 10.3 Å². The number of benzene rings is 3. The summed E-state index contributed by atoms with van der Waals surface area (Å²) in [5.74, 6) is 0.0416. The van der Waals surface area contributed by atoms with E-state index in [9.17, 15) is 18.0 Å². The van der Waals surface area contributed by atoms with Gasteiger partial charge in [-0.05, 0) is 41.8 Å². The van der Waals surface area contributed by atoms with Crippen LogP contribution in [0.2, 0.25) is 0 Å². The van der Waals surface area contributed by atoms with E-state index in [4.69, 9.17) is 0 Å². The summed E-state index contributed by atoms with van der Waals surface area (Å²) in [5, 5.41) is 3.07. The van der Waals surface area contributed by atoms with Gasteiger partial charge in [-0.25, -0.2) is 0 Å². The average Bonchev–Trinajstić information content (AvgIpc) is 2.77. The van der Waals surface area contributed by atoms with Gasteiger partial charge in [0.25, 0.3) is 0 Å². The van der Waals surface area contributed by atoms with Gasteiger partial charge in [0.1, 0.15) is 0 Å². The third kappa shape index (κ3) is 4.27. The van der Waals surface area contributed by atoms with Gasteiger partial charge in [0.2, 0.25) is 0 Å². The van der Waals surface area contributed by atoms with Crippen LogP contribution in [0, 0.1) is 0 Å². The second kappa shape index (κ2) is 8.14. The highest BCUT2D eigenvalue weighted by Crippen LogP contribution is 2.37. The summed E-state index contributed by atoms with van der Waals surface area (Å²) in [7, 11) is 0. The van der Waals surface area contributed by atoms with Crippen LogP contribution in [0.15, 0.2) is 77.8 Å². The van der Waals surface area contributed by atoms with Gasteiger partial charge in [-0.1, -0.05) is 48.5 Å². The van der Waals surface area contributed by atoms with Crippen molar-refractivity contribution in [3.63, 3.8) is 0 Å². The minimum atomic E-state index is -4.39. The lowest BCUT2D eigenvalue weighted by molar-refractivity contribution is -0.137. The lowest BCUT2D eigenvalue weighted by Crippen LogP contribution is -2.12. The first-order chi connectivity index (χ1) is 14.4. The molecule has 1 unspecified atom stereocenters. The number of fused-ring (bicyclic) bond motifs is 1. The Labute approximate surface area is 172 Å². The molecule has 3 aromatic carbocycles. The summed E-state index contributed by atoms with van der Waals surface area (Å²) in [5.41, 5.74) is 2.86. The van der Waals surface area contributed by atoms with E-state index in [-0.39, 0.29) is 11.8 Å². The quantitative estimate of drug-likeness (QED) is 0.488. The van der Waals surface area contributed by atoms with Gasteiger partial charge < -0.3 is 5.32 Å². The first-order valence-electron chi connectivity index (χ1n) is 9.60. The molecule has 30 heavy (non-hydrogen) atoms. The van der Waals surface area contributed by atoms with E-state index >= 15 is 0 Å². The summed E-state index contributed by atoms with van der Waals surface area (Å²) < 4.78 is 39.2. The highest BCUT2D eigenvalue weighted by molar-refractivity contribution is 5.96. The van der Waals surface area contributed by atoms with Crippen molar-refractivity contribution in [2.24, 2.45) is 4.99 Å². The number of nitrogens with one attached hydrogen (secondary N) is 1. The first kappa shape index (κ1) is 19.9. The Morgan fingerprint density at radius 1 is 0.933 bits per heavy atom. The molecule has 3 aromatic rings. The number of halogens is 3. The fourth-order valence-corrected chi connectivity index (χ4v) is 3.57. The summed E-state index contributed by atoms with van der Waals surface area (Å²) >= 11 is 0. The van der Waals surface area contributed by atoms with Crippen molar-refractivity contribution in [3.8, 4) is 11.1 Å². The van der Waals surface area contributed by atoms with E-state index in [0.717, 1.165) is 23.4 Å². The zero-order valence-electron chi connectivity index (χ0n) is 16.0. The number of hydrogen-bond acceptors (Lipinski definition) is 3. The van der Waals surface area contributed by atoms with Crippen LogP contribution in [0.25, 0.3) is 11.1 Å². The van der Waals surface area contributed by atoms with Crippen molar-refractivity contribution in [2.45, 2.75) is 25.1 Å². The Morgan fingerprint density at radius 3 is 2.47 bits per heavy atom. The van der Waals surface area contributed by atoms with Crippen molar-refractivity contribution in [1.82, 2.24) is 0 Å². The molecule has 1 aliphatic rings. The van der Waals surface area contributed by atoms with Crippen molar-refractivity contribution < 1.29 is 18.0 Å². The number of anilines is 1. The number of carbonyl (C=O) groups excluding carboxylic acids is 1. The molecule has 6 heteroatoms. The summed E-state index contributed by atoms with van der Waals surface area (Å²) in [6.07, 6.45) is -1.94. The van der Waals surface area contributed by atoms with E-state index in [0.29, 0.717) is 29.5 Å². The standard InChI is InChI=1S/C24H19F3N2O/c25-24(26,27)19-8-4-7-17(13-19)18-9-10-21-20(14-18)22(29-15-28-21)11-12-23(30)16-5-2-1-3-6-16/h1-10,13-15,22H,11-12H2,(H,28,29). The van der Waals surface area contributed by atoms with Crippen LogP contribution < -0.4 is 5.32 Å².